The van der Waals surface area contributed by atoms with Crippen LogP contribution in [0.2, 0.25) is 5.02 Å². The summed E-state index contributed by atoms with van der Waals surface area (Å²) in [5, 5.41) is 3.05. The minimum atomic E-state index is -4.38. The molecule has 106 valence electrons. The number of halogens is 5. The van der Waals surface area contributed by atoms with E-state index in [1.807, 2.05) is 0 Å². The predicted molar refractivity (Wildman–Crippen MR) is 70.2 cm³/mol. The Balaban J connectivity index is 2.11. The first-order valence-electron chi connectivity index (χ1n) is 5.71. The summed E-state index contributed by atoms with van der Waals surface area (Å²) in [4.78, 5) is 0. The zero-order valence-electron chi connectivity index (χ0n) is 10.1. The highest BCUT2D eigenvalue weighted by Crippen LogP contribution is 2.29. The summed E-state index contributed by atoms with van der Waals surface area (Å²) >= 11 is 5.69. The first-order valence-corrected chi connectivity index (χ1v) is 6.08. The van der Waals surface area contributed by atoms with Gasteiger partial charge in [0.05, 0.1) is 5.56 Å². The van der Waals surface area contributed by atoms with Crippen LogP contribution in [-0.2, 0) is 12.7 Å². The third-order valence-corrected chi connectivity index (χ3v) is 2.83. The Kier molecular flexibility index (Phi) is 4.18. The third kappa shape index (κ3) is 3.87. The lowest BCUT2D eigenvalue weighted by atomic mass is 10.1. The van der Waals surface area contributed by atoms with Crippen LogP contribution < -0.4 is 5.32 Å². The molecule has 0 saturated carbocycles. The summed E-state index contributed by atoms with van der Waals surface area (Å²) in [6, 6.07) is 8.81. The van der Waals surface area contributed by atoms with Crippen LogP contribution in [-0.4, -0.2) is 0 Å². The average molecular weight is 304 g/mol. The van der Waals surface area contributed by atoms with Crippen LogP contribution in [0.1, 0.15) is 11.1 Å². The Hall–Kier alpha value is -1.75. The second kappa shape index (κ2) is 5.71. The summed E-state index contributed by atoms with van der Waals surface area (Å²) in [6.45, 7) is 0.143. The Morgan fingerprint density at radius 2 is 1.80 bits per heavy atom. The van der Waals surface area contributed by atoms with E-state index in [4.69, 9.17) is 11.6 Å². The molecular weight excluding hydrogens is 294 g/mol. The average Bonchev–Trinajstić information content (AvgIpc) is 2.35. The molecule has 0 unspecified atom stereocenters. The van der Waals surface area contributed by atoms with Gasteiger partial charge >= 0.3 is 6.18 Å². The fraction of sp³-hybridized carbons (Fsp3) is 0.143. The minimum absolute atomic E-state index is 0.143. The highest BCUT2D eigenvalue weighted by molar-refractivity contribution is 6.30. The van der Waals surface area contributed by atoms with Crippen LogP contribution in [0.25, 0.3) is 0 Å². The van der Waals surface area contributed by atoms with Crippen LogP contribution in [0.15, 0.2) is 42.5 Å². The summed E-state index contributed by atoms with van der Waals surface area (Å²) in [7, 11) is 0. The van der Waals surface area contributed by atoms with Gasteiger partial charge in [-0.25, -0.2) is 4.39 Å². The van der Waals surface area contributed by atoms with Crippen molar-refractivity contribution in [2.75, 3.05) is 5.32 Å². The number of nitrogens with one attached hydrogen (secondary N) is 1. The molecule has 2 aromatic carbocycles. The number of hydrogen-bond acceptors (Lipinski definition) is 1. The largest absolute Gasteiger partial charge is 0.416 e. The molecule has 0 saturated heterocycles. The number of rotatable bonds is 3. The molecule has 2 aromatic rings. The van der Waals surface area contributed by atoms with Crippen molar-refractivity contribution in [3.05, 3.63) is 64.4 Å². The molecule has 0 aliphatic heterocycles. The smallest absolute Gasteiger partial charge is 0.381 e. The Morgan fingerprint density at radius 3 is 2.45 bits per heavy atom. The number of benzene rings is 2. The van der Waals surface area contributed by atoms with Crippen molar-refractivity contribution in [1.29, 1.82) is 0 Å². The van der Waals surface area contributed by atoms with Gasteiger partial charge in [-0.15, -0.1) is 0 Å². The van der Waals surface area contributed by atoms with Crippen LogP contribution >= 0.6 is 11.6 Å². The lowest BCUT2D eigenvalue weighted by Crippen LogP contribution is -2.07. The van der Waals surface area contributed by atoms with Gasteiger partial charge in [0.25, 0.3) is 0 Å². The molecule has 1 N–H and O–H groups in total. The molecule has 1 nitrogen and oxygen atoms in total. The molecule has 0 atom stereocenters. The fourth-order valence-electron chi connectivity index (χ4n) is 1.72. The molecule has 0 aliphatic rings. The SMILES string of the molecule is Fc1cc(Cl)cc(NCc2cccc(C(F)(F)F)c2)c1. The molecule has 0 radical (unpaired) electrons. The van der Waals surface area contributed by atoms with E-state index in [0.29, 0.717) is 11.3 Å². The molecule has 2 rings (SSSR count). The summed E-state index contributed by atoms with van der Waals surface area (Å²) in [5.74, 6) is -0.510. The van der Waals surface area contributed by atoms with Crippen molar-refractivity contribution in [2.45, 2.75) is 12.7 Å². The van der Waals surface area contributed by atoms with Crippen LogP contribution in [0.5, 0.6) is 0 Å². The van der Waals surface area contributed by atoms with Crippen LogP contribution in [0.3, 0.4) is 0 Å². The van der Waals surface area contributed by atoms with E-state index in [-0.39, 0.29) is 11.6 Å². The standard InChI is InChI=1S/C14H10ClF4N/c15-11-5-12(16)7-13(6-11)20-8-9-2-1-3-10(4-9)14(17,18)19/h1-7,20H,8H2. The maximum atomic E-state index is 13.1. The molecule has 6 heteroatoms. The number of hydrogen-bond donors (Lipinski definition) is 1. The van der Waals surface area contributed by atoms with Gasteiger partial charge in [0.2, 0.25) is 0 Å². The van der Waals surface area contributed by atoms with Crippen molar-refractivity contribution in [1.82, 2.24) is 0 Å². The predicted octanol–water partition coefficient (Wildman–Crippen LogP) is 5.11. The van der Waals surface area contributed by atoms with Gasteiger partial charge in [-0.3, -0.25) is 0 Å². The molecule has 0 aliphatic carbocycles. The zero-order valence-corrected chi connectivity index (χ0v) is 10.9. The van der Waals surface area contributed by atoms with Gasteiger partial charge in [-0.2, -0.15) is 13.2 Å². The monoisotopic (exact) mass is 303 g/mol. The van der Waals surface area contributed by atoms with Gasteiger partial charge in [0.1, 0.15) is 5.82 Å². The van der Waals surface area contributed by atoms with Crippen molar-refractivity contribution >= 4 is 17.3 Å². The molecule has 0 amide bonds. The van der Waals surface area contributed by atoms with E-state index in [0.717, 1.165) is 18.2 Å². The maximum absolute atomic E-state index is 13.1. The lowest BCUT2D eigenvalue weighted by molar-refractivity contribution is -0.137. The van der Waals surface area contributed by atoms with E-state index < -0.39 is 17.6 Å². The van der Waals surface area contributed by atoms with Crippen molar-refractivity contribution < 1.29 is 17.6 Å². The van der Waals surface area contributed by atoms with Gasteiger partial charge in [0.15, 0.2) is 0 Å². The van der Waals surface area contributed by atoms with E-state index in [2.05, 4.69) is 5.32 Å². The quantitative estimate of drug-likeness (QED) is 0.777. The molecular formula is C14H10ClF4N. The highest BCUT2D eigenvalue weighted by Gasteiger charge is 2.30. The molecule has 0 aromatic heterocycles. The Labute approximate surface area is 118 Å². The van der Waals surface area contributed by atoms with Crippen molar-refractivity contribution in [2.24, 2.45) is 0 Å². The maximum Gasteiger partial charge on any atom is 0.416 e. The minimum Gasteiger partial charge on any atom is -0.381 e. The van der Waals surface area contributed by atoms with Crippen LogP contribution in [0, 0.1) is 5.82 Å². The molecule has 0 heterocycles. The Morgan fingerprint density at radius 1 is 1.05 bits per heavy atom. The zero-order chi connectivity index (χ0) is 14.8. The fourth-order valence-corrected chi connectivity index (χ4v) is 1.94. The topological polar surface area (TPSA) is 12.0 Å². The first kappa shape index (κ1) is 14.7. The molecule has 0 fully saturated rings. The Bertz CT molecular complexity index is 590. The third-order valence-electron chi connectivity index (χ3n) is 2.61. The van der Waals surface area contributed by atoms with E-state index in [1.54, 1.807) is 6.07 Å². The van der Waals surface area contributed by atoms with E-state index in [1.165, 1.54) is 18.2 Å². The van der Waals surface area contributed by atoms with Crippen molar-refractivity contribution in [3.63, 3.8) is 0 Å². The highest BCUT2D eigenvalue weighted by atomic mass is 35.5. The first-order chi connectivity index (χ1) is 9.34. The van der Waals surface area contributed by atoms with Crippen LogP contribution in [0.4, 0.5) is 23.2 Å². The van der Waals surface area contributed by atoms with E-state index >= 15 is 0 Å². The number of anilines is 1. The lowest BCUT2D eigenvalue weighted by Gasteiger charge is -2.10. The second-order valence-corrected chi connectivity index (χ2v) is 4.65. The van der Waals surface area contributed by atoms with Gasteiger partial charge in [-0.1, -0.05) is 23.7 Å². The van der Waals surface area contributed by atoms with E-state index in [9.17, 15) is 17.6 Å². The molecule has 0 bridgehead atoms. The molecule has 20 heavy (non-hydrogen) atoms. The summed E-state index contributed by atoms with van der Waals surface area (Å²) < 4.78 is 50.7. The normalized spacial score (nSPS) is 11.4. The summed E-state index contributed by atoms with van der Waals surface area (Å²) in [6.07, 6.45) is -4.38. The van der Waals surface area contributed by atoms with Crippen molar-refractivity contribution in [3.8, 4) is 0 Å². The van der Waals surface area contributed by atoms with Gasteiger partial charge in [0, 0.05) is 17.3 Å². The molecule has 0 spiro atoms. The second-order valence-electron chi connectivity index (χ2n) is 4.21. The summed E-state index contributed by atoms with van der Waals surface area (Å²) in [5.41, 5.74) is 0.140. The van der Waals surface area contributed by atoms with Gasteiger partial charge < -0.3 is 5.32 Å². The number of alkyl halides is 3. The van der Waals surface area contributed by atoms with Gasteiger partial charge in [-0.05, 0) is 35.9 Å².